The van der Waals surface area contributed by atoms with Crippen molar-refractivity contribution in [3.8, 4) is 0 Å². The third-order valence-corrected chi connectivity index (χ3v) is 5.83. The van der Waals surface area contributed by atoms with Gasteiger partial charge in [-0.05, 0) is 51.0 Å². The summed E-state index contributed by atoms with van der Waals surface area (Å²) in [6.45, 7) is 4.24. The lowest BCUT2D eigenvalue weighted by Crippen LogP contribution is -2.27. The van der Waals surface area contributed by atoms with Crippen LogP contribution in [0.2, 0.25) is 0 Å². The molecule has 0 aliphatic rings. The number of rotatable bonds is 19. The lowest BCUT2D eigenvalue weighted by molar-refractivity contribution is 0.139. The zero-order valence-electron chi connectivity index (χ0n) is 20.6. The van der Waals surface area contributed by atoms with E-state index >= 15 is 0 Å². The summed E-state index contributed by atoms with van der Waals surface area (Å²) in [5.74, 6) is 0. The van der Waals surface area contributed by atoms with Crippen LogP contribution in [-0.2, 0) is 17.8 Å². The van der Waals surface area contributed by atoms with Gasteiger partial charge in [0.1, 0.15) is 6.61 Å². The standard InChI is InChI=1S/C27H48N2O2/c1-4-5-6-7-8-9-10-11-12-13-14-15-19-25-20-16-17-21-26(25)24-31-27(30)28-22-18-23-29(2)3/h16-17,20-21H,4-15,18-19,22-24H2,1-3H3,(H,28,30). The van der Waals surface area contributed by atoms with Crippen LogP contribution in [-0.4, -0.2) is 38.2 Å². The van der Waals surface area contributed by atoms with Crippen LogP contribution in [0.3, 0.4) is 0 Å². The molecule has 0 unspecified atom stereocenters. The number of amides is 1. The van der Waals surface area contributed by atoms with Crippen molar-refractivity contribution in [1.82, 2.24) is 10.2 Å². The van der Waals surface area contributed by atoms with Crippen molar-refractivity contribution in [3.05, 3.63) is 35.4 Å². The van der Waals surface area contributed by atoms with Gasteiger partial charge in [0.15, 0.2) is 0 Å². The number of hydrogen-bond acceptors (Lipinski definition) is 3. The molecule has 1 aromatic carbocycles. The maximum absolute atomic E-state index is 11.9. The Morgan fingerprint density at radius 1 is 0.806 bits per heavy atom. The van der Waals surface area contributed by atoms with E-state index in [4.69, 9.17) is 4.74 Å². The Morgan fingerprint density at radius 2 is 1.35 bits per heavy atom. The van der Waals surface area contributed by atoms with Crippen LogP contribution in [0, 0.1) is 0 Å². The van der Waals surface area contributed by atoms with Crippen LogP contribution >= 0.6 is 0 Å². The van der Waals surface area contributed by atoms with Crippen LogP contribution in [0.5, 0.6) is 0 Å². The van der Waals surface area contributed by atoms with Crippen molar-refractivity contribution in [2.45, 2.75) is 103 Å². The Bertz CT molecular complexity index is 560. The van der Waals surface area contributed by atoms with Gasteiger partial charge in [0.2, 0.25) is 0 Å². The van der Waals surface area contributed by atoms with Gasteiger partial charge in [-0.3, -0.25) is 0 Å². The molecule has 0 aliphatic carbocycles. The molecule has 1 amide bonds. The average molecular weight is 433 g/mol. The first kappa shape index (κ1) is 27.5. The van der Waals surface area contributed by atoms with Gasteiger partial charge in [0, 0.05) is 6.54 Å². The van der Waals surface area contributed by atoms with Gasteiger partial charge >= 0.3 is 6.09 Å². The Labute approximate surface area is 192 Å². The van der Waals surface area contributed by atoms with Gasteiger partial charge in [-0.25, -0.2) is 4.79 Å². The van der Waals surface area contributed by atoms with Crippen LogP contribution in [0.1, 0.15) is 102 Å². The van der Waals surface area contributed by atoms with Gasteiger partial charge < -0.3 is 15.0 Å². The molecule has 31 heavy (non-hydrogen) atoms. The minimum atomic E-state index is -0.320. The fourth-order valence-electron chi connectivity index (χ4n) is 3.88. The molecule has 178 valence electrons. The first-order chi connectivity index (χ1) is 15.1. The predicted octanol–water partition coefficient (Wildman–Crippen LogP) is 7.11. The summed E-state index contributed by atoms with van der Waals surface area (Å²) in [7, 11) is 4.07. The highest BCUT2D eigenvalue weighted by atomic mass is 16.5. The molecular formula is C27H48N2O2. The van der Waals surface area contributed by atoms with E-state index in [1.54, 1.807) is 0 Å². The second kappa shape index (κ2) is 19.2. The minimum absolute atomic E-state index is 0.320. The number of carbonyl (C=O) groups excluding carboxylic acids is 1. The maximum atomic E-state index is 11.9. The van der Waals surface area contributed by atoms with E-state index in [0.29, 0.717) is 13.2 Å². The molecule has 0 radical (unpaired) electrons. The summed E-state index contributed by atoms with van der Waals surface area (Å²) < 4.78 is 5.43. The SMILES string of the molecule is CCCCCCCCCCCCCCc1ccccc1COC(=O)NCCCN(C)C. The second-order valence-corrected chi connectivity index (χ2v) is 9.07. The highest BCUT2D eigenvalue weighted by molar-refractivity contribution is 5.67. The van der Waals surface area contributed by atoms with Gasteiger partial charge in [-0.1, -0.05) is 102 Å². The monoisotopic (exact) mass is 432 g/mol. The Kier molecular flexibility index (Phi) is 17.0. The number of nitrogens with zero attached hydrogens (tertiary/aromatic N) is 1. The van der Waals surface area contributed by atoms with E-state index in [1.165, 1.54) is 82.6 Å². The van der Waals surface area contributed by atoms with Crippen LogP contribution in [0.15, 0.2) is 24.3 Å². The fraction of sp³-hybridized carbons (Fsp3) is 0.741. The fourth-order valence-corrected chi connectivity index (χ4v) is 3.88. The molecule has 0 heterocycles. The lowest BCUT2D eigenvalue weighted by atomic mass is 10.0. The summed E-state index contributed by atoms with van der Waals surface area (Å²) in [6, 6.07) is 8.36. The molecule has 1 N–H and O–H groups in total. The molecule has 4 heteroatoms. The number of nitrogens with one attached hydrogen (secondary N) is 1. The van der Waals surface area contributed by atoms with Crippen molar-refractivity contribution in [2.75, 3.05) is 27.2 Å². The van der Waals surface area contributed by atoms with Gasteiger partial charge in [0.05, 0.1) is 0 Å². The van der Waals surface area contributed by atoms with Crippen LogP contribution in [0.4, 0.5) is 4.79 Å². The molecule has 1 aromatic rings. The topological polar surface area (TPSA) is 41.6 Å². The van der Waals surface area contributed by atoms with Gasteiger partial charge in [-0.2, -0.15) is 0 Å². The van der Waals surface area contributed by atoms with E-state index < -0.39 is 0 Å². The first-order valence-corrected chi connectivity index (χ1v) is 12.8. The third kappa shape index (κ3) is 15.8. The molecule has 0 atom stereocenters. The molecular weight excluding hydrogens is 384 g/mol. The summed E-state index contributed by atoms with van der Waals surface area (Å²) >= 11 is 0. The number of unbranched alkanes of at least 4 members (excludes halogenated alkanes) is 11. The molecule has 0 aliphatic heterocycles. The highest BCUT2D eigenvalue weighted by Crippen LogP contribution is 2.16. The largest absolute Gasteiger partial charge is 0.445 e. The molecule has 0 fully saturated rings. The molecule has 0 spiro atoms. The Balaban J connectivity index is 2.10. The van der Waals surface area contributed by atoms with E-state index in [1.807, 2.05) is 20.2 Å². The van der Waals surface area contributed by atoms with Gasteiger partial charge in [0.25, 0.3) is 0 Å². The van der Waals surface area contributed by atoms with Crippen LogP contribution in [0.25, 0.3) is 0 Å². The smallest absolute Gasteiger partial charge is 0.407 e. The van der Waals surface area contributed by atoms with Crippen LogP contribution < -0.4 is 5.32 Å². The molecule has 0 saturated carbocycles. The predicted molar refractivity (Wildman–Crippen MR) is 133 cm³/mol. The van der Waals surface area contributed by atoms with E-state index in [2.05, 4.69) is 35.3 Å². The zero-order valence-corrected chi connectivity index (χ0v) is 20.6. The van der Waals surface area contributed by atoms with Crippen molar-refractivity contribution in [1.29, 1.82) is 0 Å². The summed E-state index contributed by atoms with van der Waals surface area (Å²) in [4.78, 5) is 14.0. The van der Waals surface area contributed by atoms with Crippen molar-refractivity contribution < 1.29 is 9.53 Å². The highest BCUT2D eigenvalue weighted by Gasteiger charge is 2.06. The van der Waals surface area contributed by atoms with Gasteiger partial charge in [-0.15, -0.1) is 0 Å². The summed E-state index contributed by atoms with van der Waals surface area (Å²) in [6.07, 6.45) is 18.1. The molecule has 0 bridgehead atoms. The normalized spacial score (nSPS) is 11.1. The maximum Gasteiger partial charge on any atom is 0.407 e. The lowest BCUT2D eigenvalue weighted by Gasteiger charge is -2.12. The number of alkyl carbamates (subject to hydrolysis) is 1. The number of carbonyl (C=O) groups is 1. The second-order valence-electron chi connectivity index (χ2n) is 9.07. The Hall–Kier alpha value is -1.55. The molecule has 4 nitrogen and oxygen atoms in total. The number of benzene rings is 1. The molecule has 0 saturated heterocycles. The number of hydrogen-bond donors (Lipinski definition) is 1. The Morgan fingerprint density at radius 3 is 1.94 bits per heavy atom. The first-order valence-electron chi connectivity index (χ1n) is 12.8. The molecule has 0 aromatic heterocycles. The summed E-state index contributed by atoms with van der Waals surface area (Å²) in [5, 5.41) is 2.83. The van der Waals surface area contributed by atoms with Crippen molar-refractivity contribution in [3.63, 3.8) is 0 Å². The number of aryl methyl sites for hydroxylation is 1. The average Bonchev–Trinajstić information content (AvgIpc) is 2.76. The summed E-state index contributed by atoms with van der Waals surface area (Å²) in [5.41, 5.74) is 2.45. The van der Waals surface area contributed by atoms with E-state index in [9.17, 15) is 4.79 Å². The quantitative estimate of drug-likeness (QED) is 0.237. The molecule has 1 rings (SSSR count). The van der Waals surface area contributed by atoms with E-state index in [0.717, 1.165) is 24.9 Å². The van der Waals surface area contributed by atoms with Crippen molar-refractivity contribution >= 4 is 6.09 Å². The third-order valence-electron chi connectivity index (χ3n) is 5.83. The van der Waals surface area contributed by atoms with E-state index in [-0.39, 0.29) is 6.09 Å². The number of ether oxygens (including phenoxy) is 1. The minimum Gasteiger partial charge on any atom is -0.445 e. The zero-order chi connectivity index (χ0) is 22.6. The van der Waals surface area contributed by atoms with Crippen molar-refractivity contribution in [2.24, 2.45) is 0 Å².